The summed E-state index contributed by atoms with van der Waals surface area (Å²) >= 11 is 0. The number of benzene rings is 1. The molecular formula is C14H22N2O. The van der Waals surface area contributed by atoms with Crippen molar-refractivity contribution in [2.75, 3.05) is 19.6 Å². The molecule has 17 heavy (non-hydrogen) atoms. The topological polar surface area (TPSA) is 32.3 Å². The van der Waals surface area contributed by atoms with Crippen molar-refractivity contribution in [1.82, 2.24) is 10.2 Å². The second-order valence-corrected chi connectivity index (χ2v) is 4.18. The Morgan fingerprint density at radius 1 is 1.35 bits per heavy atom. The first-order valence-electron chi connectivity index (χ1n) is 6.21. The molecule has 1 amide bonds. The molecule has 0 bridgehead atoms. The average molecular weight is 234 g/mol. The lowest BCUT2D eigenvalue weighted by Crippen LogP contribution is -2.37. The van der Waals surface area contributed by atoms with Crippen molar-refractivity contribution >= 4 is 5.91 Å². The maximum Gasteiger partial charge on any atom is 0.236 e. The van der Waals surface area contributed by atoms with Crippen LogP contribution in [0.3, 0.4) is 0 Å². The summed E-state index contributed by atoms with van der Waals surface area (Å²) in [6.45, 7) is 8.79. The predicted molar refractivity (Wildman–Crippen MR) is 70.8 cm³/mol. The van der Waals surface area contributed by atoms with Gasteiger partial charge in [0.2, 0.25) is 5.91 Å². The third-order valence-electron chi connectivity index (χ3n) is 2.72. The highest BCUT2D eigenvalue weighted by atomic mass is 16.2. The van der Waals surface area contributed by atoms with E-state index in [1.165, 1.54) is 11.1 Å². The van der Waals surface area contributed by atoms with E-state index in [9.17, 15) is 4.79 Å². The summed E-state index contributed by atoms with van der Waals surface area (Å²) in [5.41, 5.74) is 2.43. The lowest BCUT2D eigenvalue weighted by atomic mass is 10.1. The molecule has 0 aliphatic heterocycles. The molecule has 0 saturated heterocycles. The third-order valence-corrected chi connectivity index (χ3v) is 2.72. The molecule has 0 spiro atoms. The molecule has 0 unspecified atom stereocenters. The van der Waals surface area contributed by atoms with E-state index >= 15 is 0 Å². The minimum Gasteiger partial charge on any atom is -0.338 e. The molecule has 3 heteroatoms. The zero-order valence-electron chi connectivity index (χ0n) is 11.0. The average Bonchev–Trinajstić information content (AvgIpc) is 2.33. The van der Waals surface area contributed by atoms with Crippen LogP contribution in [0.25, 0.3) is 0 Å². The van der Waals surface area contributed by atoms with Crippen molar-refractivity contribution in [3.63, 3.8) is 0 Å². The number of rotatable bonds is 6. The Morgan fingerprint density at radius 3 is 2.71 bits per heavy atom. The number of nitrogens with zero attached hydrogens (tertiary/aromatic N) is 1. The first-order chi connectivity index (χ1) is 8.17. The molecule has 3 nitrogen and oxygen atoms in total. The first kappa shape index (κ1) is 13.7. The van der Waals surface area contributed by atoms with Crippen molar-refractivity contribution in [1.29, 1.82) is 0 Å². The van der Waals surface area contributed by atoms with Gasteiger partial charge < -0.3 is 10.2 Å². The molecule has 0 fully saturated rings. The van der Waals surface area contributed by atoms with Crippen molar-refractivity contribution in [3.05, 3.63) is 35.4 Å². The smallest absolute Gasteiger partial charge is 0.236 e. The van der Waals surface area contributed by atoms with Gasteiger partial charge in [-0.15, -0.1) is 0 Å². The quantitative estimate of drug-likeness (QED) is 0.816. The number of carbonyl (C=O) groups is 1. The van der Waals surface area contributed by atoms with Gasteiger partial charge in [0.1, 0.15) is 0 Å². The summed E-state index contributed by atoms with van der Waals surface area (Å²) in [5.74, 6) is 0.163. The van der Waals surface area contributed by atoms with E-state index in [4.69, 9.17) is 0 Å². The number of aryl methyl sites for hydroxylation is 1. The van der Waals surface area contributed by atoms with Gasteiger partial charge >= 0.3 is 0 Å². The van der Waals surface area contributed by atoms with Crippen LogP contribution < -0.4 is 5.32 Å². The second-order valence-electron chi connectivity index (χ2n) is 4.18. The summed E-state index contributed by atoms with van der Waals surface area (Å²) in [4.78, 5) is 13.8. The zero-order valence-corrected chi connectivity index (χ0v) is 11.0. The highest BCUT2D eigenvalue weighted by molar-refractivity contribution is 5.78. The zero-order chi connectivity index (χ0) is 12.7. The summed E-state index contributed by atoms with van der Waals surface area (Å²) in [6, 6.07) is 8.30. The van der Waals surface area contributed by atoms with E-state index in [0.29, 0.717) is 13.1 Å². The van der Waals surface area contributed by atoms with Crippen LogP contribution in [0.2, 0.25) is 0 Å². The molecule has 1 aromatic rings. The van der Waals surface area contributed by atoms with Crippen LogP contribution in [0, 0.1) is 6.92 Å². The van der Waals surface area contributed by atoms with Crippen molar-refractivity contribution < 1.29 is 4.79 Å². The normalized spacial score (nSPS) is 10.3. The van der Waals surface area contributed by atoms with Gasteiger partial charge in [-0.05, 0) is 26.0 Å². The van der Waals surface area contributed by atoms with E-state index in [2.05, 4.69) is 30.4 Å². The van der Waals surface area contributed by atoms with Gasteiger partial charge in [0.15, 0.2) is 0 Å². The summed E-state index contributed by atoms with van der Waals surface area (Å²) < 4.78 is 0. The highest BCUT2D eigenvalue weighted by Gasteiger charge is 2.11. The van der Waals surface area contributed by atoms with Crippen LogP contribution in [-0.2, 0) is 11.3 Å². The molecule has 0 aliphatic rings. The Hall–Kier alpha value is -1.35. The van der Waals surface area contributed by atoms with E-state index in [1.807, 2.05) is 24.8 Å². The molecule has 0 aromatic heterocycles. The number of hydrogen-bond acceptors (Lipinski definition) is 2. The van der Waals surface area contributed by atoms with Crippen LogP contribution in [0.5, 0.6) is 0 Å². The van der Waals surface area contributed by atoms with Gasteiger partial charge in [-0.25, -0.2) is 0 Å². The minimum absolute atomic E-state index is 0.163. The van der Waals surface area contributed by atoms with Crippen LogP contribution >= 0.6 is 0 Å². The standard InChI is InChI=1S/C14H22N2O/c1-4-15-10-14(17)16(5-2)11-13-8-6-7-12(3)9-13/h6-9,15H,4-5,10-11H2,1-3H3. The first-order valence-corrected chi connectivity index (χ1v) is 6.21. The molecule has 1 aromatic carbocycles. The molecular weight excluding hydrogens is 212 g/mol. The number of carbonyl (C=O) groups excluding carboxylic acids is 1. The lowest BCUT2D eigenvalue weighted by molar-refractivity contribution is -0.130. The SMILES string of the molecule is CCNCC(=O)N(CC)Cc1cccc(C)c1. The molecule has 0 saturated carbocycles. The lowest BCUT2D eigenvalue weighted by Gasteiger charge is -2.21. The highest BCUT2D eigenvalue weighted by Crippen LogP contribution is 2.07. The van der Waals surface area contributed by atoms with Crippen LogP contribution in [0.15, 0.2) is 24.3 Å². The van der Waals surface area contributed by atoms with Crippen molar-refractivity contribution in [3.8, 4) is 0 Å². The Balaban J connectivity index is 2.60. The molecule has 0 radical (unpaired) electrons. The fourth-order valence-electron chi connectivity index (χ4n) is 1.75. The molecule has 1 rings (SSSR count). The monoisotopic (exact) mass is 234 g/mol. The third kappa shape index (κ3) is 4.57. The van der Waals surface area contributed by atoms with Gasteiger partial charge in [0.05, 0.1) is 6.54 Å². The summed E-state index contributed by atoms with van der Waals surface area (Å²) in [6.07, 6.45) is 0. The number of likely N-dealkylation sites (N-methyl/N-ethyl adjacent to an activating group) is 2. The van der Waals surface area contributed by atoms with Crippen molar-refractivity contribution in [2.45, 2.75) is 27.3 Å². The van der Waals surface area contributed by atoms with E-state index in [0.717, 1.165) is 13.1 Å². The van der Waals surface area contributed by atoms with Gasteiger partial charge in [-0.2, -0.15) is 0 Å². The van der Waals surface area contributed by atoms with Crippen LogP contribution in [-0.4, -0.2) is 30.4 Å². The van der Waals surface area contributed by atoms with Gasteiger partial charge in [0, 0.05) is 13.1 Å². The maximum atomic E-state index is 11.9. The van der Waals surface area contributed by atoms with Crippen molar-refractivity contribution in [2.24, 2.45) is 0 Å². The fourth-order valence-corrected chi connectivity index (χ4v) is 1.75. The molecule has 0 aliphatic carbocycles. The Labute approximate surface area is 104 Å². The molecule has 0 atom stereocenters. The summed E-state index contributed by atoms with van der Waals surface area (Å²) in [7, 11) is 0. The Morgan fingerprint density at radius 2 is 2.12 bits per heavy atom. The Bertz CT molecular complexity index is 363. The van der Waals surface area contributed by atoms with Crippen LogP contribution in [0.1, 0.15) is 25.0 Å². The van der Waals surface area contributed by atoms with Gasteiger partial charge in [-0.3, -0.25) is 4.79 Å². The number of nitrogens with one attached hydrogen (secondary N) is 1. The van der Waals surface area contributed by atoms with Gasteiger partial charge in [-0.1, -0.05) is 36.8 Å². The molecule has 1 N–H and O–H groups in total. The molecule has 94 valence electrons. The summed E-state index contributed by atoms with van der Waals surface area (Å²) in [5, 5.41) is 3.07. The fraction of sp³-hybridized carbons (Fsp3) is 0.500. The maximum absolute atomic E-state index is 11.9. The van der Waals surface area contributed by atoms with E-state index in [1.54, 1.807) is 0 Å². The van der Waals surface area contributed by atoms with Gasteiger partial charge in [0.25, 0.3) is 0 Å². The van der Waals surface area contributed by atoms with E-state index < -0.39 is 0 Å². The predicted octanol–water partition coefficient (Wildman–Crippen LogP) is 1.95. The number of amides is 1. The largest absolute Gasteiger partial charge is 0.338 e. The minimum atomic E-state index is 0.163. The second kappa shape index (κ2) is 7.07. The van der Waals surface area contributed by atoms with E-state index in [-0.39, 0.29) is 5.91 Å². The Kier molecular flexibility index (Phi) is 5.70. The molecule has 0 heterocycles. The van der Waals surface area contributed by atoms with Crippen LogP contribution in [0.4, 0.5) is 0 Å². The number of hydrogen-bond donors (Lipinski definition) is 1.